The van der Waals surface area contributed by atoms with Gasteiger partial charge in [0.2, 0.25) is 0 Å². The van der Waals surface area contributed by atoms with Gasteiger partial charge in [-0.25, -0.2) is 0 Å². The van der Waals surface area contributed by atoms with Crippen molar-refractivity contribution in [2.24, 2.45) is 14.1 Å². The summed E-state index contributed by atoms with van der Waals surface area (Å²) in [6.07, 6.45) is 3.13. The maximum absolute atomic E-state index is 13.2. The first-order chi connectivity index (χ1) is 23.1. The lowest BCUT2D eigenvalue weighted by atomic mass is 10.0. The largest absolute Gasteiger partial charge is 0.340 e. The van der Waals surface area contributed by atoms with Gasteiger partial charge in [0.25, 0.3) is 0 Å². The molecule has 6 aromatic rings. The van der Waals surface area contributed by atoms with Gasteiger partial charge < -0.3 is 9.13 Å². The highest BCUT2D eigenvalue weighted by molar-refractivity contribution is 7.22. The normalized spacial score (nSPS) is 13.6. The summed E-state index contributed by atoms with van der Waals surface area (Å²) in [7, 11) is 3.84. The van der Waals surface area contributed by atoms with Crippen molar-refractivity contribution in [1.29, 1.82) is 10.5 Å². The number of allylic oxidation sites excluding steroid dienone is 2. The Kier molecular flexibility index (Phi) is 5.93. The molecule has 4 heterocycles. The van der Waals surface area contributed by atoms with Gasteiger partial charge in [-0.15, -0.1) is 22.7 Å². The van der Waals surface area contributed by atoms with Crippen LogP contribution in [0, 0.1) is 35.8 Å². The molecule has 0 radical (unpaired) electrons. The van der Waals surface area contributed by atoms with E-state index in [2.05, 4.69) is 9.69 Å². The van der Waals surface area contributed by atoms with Gasteiger partial charge in [0, 0.05) is 46.1 Å². The first kappa shape index (κ1) is 28.8. The van der Waals surface area contributed by atoms with Gasteiger partial charge in [-0.2, -0.15) is 10.5 Å². The number of aryl methyl sites for hydroxylation is 2. The SMILES string of the molecule is [C-]#[N+]c1cc2c(cc1[N+]#[C-])C(=O)C(=Cc1cc3c(s1)c1c(c4sc(C=C5C(=O)c6cc(C#N)c(C#N)cc6C5=O)cc4n1C)n3C)C2=O. The number of fused-ring (bicyclic) bond motifs is 7. The van der Waals surface area contributed by atoms with Crippen LogP contribution in [0.3, 0.4) is 0 Å². The Morgan fingerprint density at radius 1 is 0.625 bits per heavy atom. The van der Waals surface area contributed by atoms with Gasteiger partial charge in [-0.3, -0.25) is 28.9 Å². The Bertz CT molecular complexity index is 2570. The number of ketones is 4. The third kappa shape index (κ3) is 3.67. The maximum Gasteiger partial charge on any atom is 0.197 e. The number of hydrogen-bond donors (Lipinski definition) is 0. The molecule has 0 aliphatic heterocycles. The molecule has 2 aliphatic rings. The second-order valence-electron chi connectivity index (χ2n) is 11.3. The predicted molar refractivity (Wildman–Crippen MR) is 181 cm³/mol. The van der Waals surface area contributed by atoms with Crippen LogP contribution in [-0.2, 0) is 14.1 Å². The Hall–Kier alpha value is -6.70. The molecule has 2 aromatic carbocycles. The van der Waals surface area contributed by atoms with Gasteiger partial charge in [0.1, 0.15) is 12.1 Å². The minimum Gasteiger partial charge on any atom is -0.340 e. The van der Waals surface area contributed by atoms with E-state index in [0.717, 1.165) is 31.5 Å². The number of hydrogen-bond acceptors (Lipinski definition) is 8. The molecule has 2 aliphatic carbocycles. The van der Waals surface area contributed by atoms with E-state index < -0.39 is 23.1 Å². The number of carbonyl (C=O) groups is 4. The van der Waals surface area contributed by atoms with E-state index in [1.807, 2.05) is 47.5 Å². The summed E-state index contributed by atoms with van der Waals surface area (Å²) in [5.74, 6) is -1.92. The smallest absolute Gasteiger partial charge is 0.197 e. The number of Topliss-reactive ketones (excluding diaryl/α,β-unsaturated/α-hetero) is 4. The molecule has 224 valence electrons. The van der Waals surface area contributed by atoms with Gasteiger partial charge in [-0.1, -0.05) is 12.1 Å². The summed E-state index contributed by atoms with van der Waals surface area (Å²) >= 11 is 2.86. The monoisotopic (exact) mass is 658 g/mol. The fourth-order valence-corrected chi connectivity index (χ4v) is 8.91. The van der Waals surface area contributed by atoms with Crippen molar-refractivity contribution < 1.29 is 19.2 Å². The van der Waals surface area contributed by atoms with Gasteiger partial charge in [-0.05, 0) is 36.4 Å². The van der Waals surface area contributed by atoms with E-state index in [1.54, 1.807) is 12.2 Å². The molecule has 4 aromatic heterocycles. The molecule has 0 bridgehead atoms. The molecule has 0 saturated heterocycles. The Labute approximate surface area is 278 Å². The van der Waals surface area contributed by atoms with Crippen molar-refractivity contribution in [3.05, 3.63) is 114 Å². The quantitative estimate of drug-likeness (QED) is 0.106. The van der Waals surface area contributed by atoms with E-state index in [4.69, 9.17) is 13.1 Å². The molecule has 0 amide bonds. The van der Waals surface area contributed by atoms with Crippen molar-refractivity contribution in [1.82, 2.24) is 9.13 Å². The first-order valence-electron chi connectivity index (χ1n) is 14.1. The van der Waals surface area contributed by atoms with E-state index >= 15 is 0 Å². The number of rotatable bonds is 2. The average Bonchev–Trinajstić information content (AvgIpc) is 3.90. The average molecular weight is 659 g/mol. The highest BCUT2D eigenvalue weighted by atomic mass is 32.1. The Morgan fingerprint density at radius 3 is 1.31 bits per heavy atom. The molecule has 0 N–H and O–H groups in total. The highest BCUT2D eigenvalue weighted by Gasteiger charge is 2.36. The summed E-state index contributed by atoms with van der Waals surface area (Å²) in [5, 5.41) is 18.7. The molecule has 12 heteroatoms. The highest BCUT2D eigenvalue weighted by Crippen LogP contribution is 2.45. The number of nitrogens with zero attached hydrogens (tertiary/aromatic N) is 6. The Morgan fingerprint density at radius 2 is 0.979 bits per heavy atom. The standard InChI is InChI=1S/C36H14N6O4S2/c1-39-25-11-21-22(12-26(25)40-2)34(46)24(33(21)45)8-18-10-28-36(48-18)30-29(42(28)4)35-27(41(30)3)9-17(47-35)7-23-31(43)19-5-15(13-37)16(14-38)6-20(19)32(23)44/h5-12H,3-4H3. The van der Waals surface area contributed by atoms with Crippen LogP contribution < -0.4 is 0 Å². The van der Waals surface area contributed by atoms with Crippen LogP contribution in [0.15, 0.2) is 47.5 Å². The van der Waals surface area contributed by atoms with Crippen LogP contribution in [0.5, 0.6) is 0 Å². The summed E-state index contributed by atoms with van der Waals surface area (Å²) in [6.45, 7) is 14.6. The summed E-state index contributed by atoms with van der Waals surface area (Å²) in [6, 6.07) is 12.9. The van der Waals surface area contributed by atoms with Crippen molar-refractivity contribution >= 4 is 101 Å². The molecule has 8 rings (SSSR count). The summed E-state index contributed by atoms with van der Waals surface area (Å²) in [4.78, 5) is 60.9. The molecule has 0 fully saturated rings. The fourth-order valence-electron chi connectivity index (χ4n) is 6.48. The predicted octanol–water partition coefficient (Wildman–Crippen LogP) is 7.72. The molecule has 0 spiro atoms. The first-order valence-corrected chi connectivity index (χ1v) is 15.8. The molecule has 0 unspecified atom stereocenters. The van der Waals surface area contributed by atoms with Crippen molar-refractivity contribution in [2.45, 2.75) is 0 Å². The van der Waals surface area contributed by atoms with E-state index in [9.17, 15) is 29.7 Å². The van der Waals surface area contributed by atoms with Crippen LogP contribution >= 0.6 is 22.7 Å². The minimum absolute atomic E-state index is 0.0118. The molecule has 0 saturated carbocycles. The van der Waals surface area contributed by atoms with Crippen LogP contribution in [-0.4, -0.2) is 32.3 Å². The molecular weight excluding hydrogens is 645 g/mol. The zero-order chi connectivity index (χ0) is 33.8. The van der Waals surface area contributed by atoms with Crippen molar-refractivity contribution in [2.75, 3.05) is 0 Å². The zero-order valence-electron chi connectivity index (χ0n) is 24.8. The van der Waals surface area contributed by atoms with Gasteiger partial charge >= 0.3 is 0 Å². The number of carbonyl (C=O) groups excluding carboxylic acids is 4. The third-order valence-electron chi connectivity index (χ3n) is 8.80. The third-order valence-corrected chi connectivity index (χ3v) is 11.0. The lowest BCUT2D eigenvalue weighted by molar-refractivity contribution is 0.0975. The topological polar surface area (TPSA) is 134 Å². The second kappa shape index (κ2) is 9.90. The number of nitriles is 2. The van der Waals surface area contributed by atoms with E-state index in [0.29, 0.717) is 9.75 Å². The Balaban J connectivity index is 1.19. The molecule has 0 atom stereocenters. The van der Waals surface area contributed by atoms with Crippen molar-refractivity contribution in [3.8, 4) is 12.1 Å². The van der Waals surface area contributed by atoms with Gasteiger partial charge in [0.15, 0.2) is 34.5 Å². The molecule has 48 heavy (non-hydrogen) atoms. The summed E-state index contributed by atoms with van der Waals surface area (Å²) in [5.41, 5.74) is 4.30. The number of aromatic nitrogens is 2. The lowest BCUT2D eigenvalue weighted by Crippen LogP contribution is -1.99. The number of benzene rings is 2. The second-order valence-corrected chi connectivity index (χ2v) is 13.4. The maximum atomic E-state index is 13.2. The van der Waals surface area contributed by atoms with Crippen LogP contribution in [0.4, 0.5) is 11.4 Å². The van der Waals surface area contributed by atoms with Crippen LogP contribution in [0.2, 0.25) is 0 Å². The van der Waals surface area contributed by atoms with Crippen LogP contribution in [0.25, 0.3) is 53.3 Å². The summed E-state index contributed by atoms with van der Waals surface area (Å²) < 4.78 is 5.96. The molecule has 10 nitrogen and oxygen atoms in total. The van der Waals surface area contributed by atoms with Gasteiger partial charge in [0.05, 0.1) is 66.9 Å². The lowest BCUT2D eigenvalue weighted by Gasteiger charge is -1.98. The molecular formula is C36H14N6O4S2. The minimum atomic E-state index is -0.486. The fraction of sp³-hybridized carbons (Fsp3) is 0.0556. The zero-order valence-corrected chi connectivity index (χ0v) is 26.4. The van der Waals surface area contributed by atoms with Crippen molar-refractivity contribution in [3.63, 3.8) is 0 Å². The van der Waals surface area contributed by atoms with E-state index in [1.165, 1.54) is 46.9 Å². The number of thiophene rings is 2. The van der Waals surface area contributed by atoms with Crippen LogP contribution in [0.1, 0.15) is 62.3 Å². The van der Waals surface area contributed by atoms with E-state index in [-0.39, 0.29) is 55.9 Å².